The Balaban J connectivity index is 1.15. The number of nitrogens with one attached hydrogen (secondary N) is 3. The Kier molecular flexibility index (Phi) is 8.03. The van der Waals surface area contributed by atoms with Crippen LogP contribution in [0, 0.1) is 5.92 Å². The summed E-state index contributed by atoms with van der Waals surface area (Å²) in [6.07, 6.45) is 8.38. The molecule has 222 valence electrons. The molecule has 3 amide bonds. The van der Waals surface area contributed by atoms with Crippen molar-refractivity contribution in [2.45, 2.75) is 62.4 Å². The normalized spacial score (nSPS) is 23.5. The number of fused-ring (bicyclic) bond motifs is 1. The molecule has 1 saturated heterocycles. The highest BCUT2D eigenvalue weighted by molar-refractivity contribution is 6.35. The van der Waals surface area contributed by atoms with E-state index in [2.05, 4.69) is 32.7 Å². The third-order valence-corrected chi connectivity index (χ3v) is 9.82. The van der Waals surface area contributed by atoms with Crippen LogP contribution in [0.5, 0.6) is 0 Å². The molecule has 0 spiro atoms. The van der Waals surface area contributed by atoms with Crippen LogP contribution in [-0.4, -0.2) is 78.3 Å². The Labute approximate surface area is 252 Å². The van der Waals surface area contributed by atoms with E-state index in [9.17, 15) is 14.4 Å². The molecular weight excluding hydrogens is 550 g/mol. The van der Waals surface area contributed by atoms with Gasteiger partial charge in [-0.15, -0.1) is 0 Å². The summed E-state index contributed by atoms with van der Waals surface area (Å²) in [5.41, 5.74) is 3.43. The number of hydrogen-bond donors (Lipinski definition) is 3. The summed E-state index contributed by atoms with van der Waals surface area (Å²) in [7, 11) is 3.51. The first-order chi connectivity index (χ1) is 20.2. The van der Waals surface area contributed by atoms with Crippen LogP contribution in [-0.2, 0) is 10.2 Å². The molecule has 3 atom stereocenters. The number of amides is 3. The van der Waals surface area contributed by atoms with E-state index < -0.39 is 0 Å². The van der Waals surface area contributed by atoms with Crippen molar-refractivity contribution in [2.24, 2.45) is 5.92 Å². The molecule has 1 aromatic heterocycles. The average molecular weight is 590 g/mol. The third kappa shape index (κ3) is 5.92. The molecule has 3 aromatic rings. The van der Waals surface area contributed by atoms with Crippen LogP contribution < -0.4 is 10.6 Å². The molecule has 9 heteroatoms. The van der Waals surface area contributed by atoms with Gasteiger partial charge in [-0.05, 0) is 87.9 Å². The van der Waals surface area contributed by atoms with Crippen molar-refractivity contribution < 1.29 is 14.4 Å². The second-order valence-corrected chi connectivity index (χ2v) is 13.0. The number of likely N-dealkylation sites (tertiary alicyclic amines) is 1. The van der Waals surface area contributed by atoms with Gasteiger partial charge < -0.3 is 25.4 Å². The average Bonchev–Trinajstić information content (AvgIpc) is 3.41. The summed E-state index contributed by atoms with van der Waals surface area (Å²) in [5.74, 6) is -0.569. The fraction of sp³-hybridized carbons (Fsp3) is 0.485. The van der Waals surface area contributed by atoms with Gasteiger partial charge in [0.2, 0.25) is 5.91 Å². The van der Waals surface area contributed by atoms with Gasteiger partial charge in [0, 0.05) is 66.2 Å². The van der Waals surface area contributed by atoms with Crippen molar-refractivity contribution in [1.82, 2.24) is 25.4 Å². The monoisotopic (exact) mass is 589 g/mol. The Morgan fingerprint density at radius 1 is 0.952 bits per heavy atom. The van der Waals surface area contributed by atoms with Gasteiger partial charge in [0.05, 0.1) is 11.1 Å². The van der Waals surface area contributed by atoms with Gasteiger partial charge in [-0.25, -0.2) is 0 Å². The number of carbonyl (C=O) groups is 3. The third-order valence-electron chi connectivity index (χ3n) is 9.50. The molecule has 3 fully saturated rings. The molecule has 3 aliphatic rings. The molecule has 2 heterocycles. The SMILES string of the molecule is CN(C)C(=O)C1CCC(NC(=O)c2ccc3c(Cl)c[nH]c3c2)C(NC(=O)c2ccc(C3(CN4CCCC4)CC3)cc2)C1. The molecule has 6 rings (SSSR count). The van der Waals surface area contributed by atoms with Gasteiger partial charge in [0.1, 0.15) is 0 Å². The lowest BCUT2D eigenvalue weighted by Gasteiger charge is -2.37. The van der Waals surface area contributed by atoms with E-state index >= 15 is 0 Å². The summed E-state index contributed by atoms with van der Waals surface area (Å²) in [6, 6.07) is 12.7. The van der Waals surface area contributed by atoms with Gasteiger partial charge in [-0.1, -0.05) is 29.8 Å². The molecule has 2 aliphatic carbocycles. The first-order valence-corrected chi connectivity index (χ1v) is 15.5. The lowest BCUT2D eigenvalue weighted by molar-refractivity contribution is -0.134. The van der Waals surface area contributed by atoms with Crippen LogP contribution >= 0.6 is 11.6 Å². The van der Waals surface area contributed by atoms with Crippen molar-refractivity contribution in [1.29, 1.82) is 0 Å². The van der Waals surface area contributed by atoms with Gasteiger partial charge in [0.15, 0.2) is 0 Å². The Morgan fingerprint density at radius 3 is 2.31 bits per heavy atom. The summed E-state index contributed by atoms with van der Waals surface area (Å²) in [6.45, 7) is 3.48. The molecule has 2 aromatic carbocycles. The summed E-state index contributed by atoms with van der Waals surface area (Å²) in [4.78, 5) is 46.9. The highest BCUT2D eigenvalue weighted by Crippen LogP contribution is 2.49. The van der Waals surface area contributed by atoms with E-state index in [1.54, 1.807) is 37.3 Å². The van der Waals surface area contributed by atoms with E-state index in [1.807, 2.05) is 18.2 Å². The van der Waals surface area contributed by atoms with Crippen LogP contribution in [0.2, 0.25) is 5.02 Å². The fourth-order valence-electron chi connectivity index (χ4n) is 6.86. The van der Waals surface area contributed by atoms with Crippen LogP contribution in [0.3, 0.4) is 0 Å². The number of hydrogen-bond acceptors (Lipinski definition) is 4. The molecule has 3 unspecified atom stereocenters. The predicted molar refractivity (Wildman–Crippen MR) is 165 cm³/mol. The largest absolute Gasteiger partial charge is 0.360 e. The molecule has 3 N–H and O–H groups in total. The zero-order chi connectivity index (χ0) is 29.4. The predicted octanol–water partition coefficient (Wildman–Crippen LogP) is 4.73. The maximum atomic E-state index is 13.5. The number of benzene rings is 2. The van der Waals surface area contributed by atoms with Crippen LogP contribution in [0.1, 0.15) is 71.2 Å². The number of halogens is 1. The minimum atomic E-state index is -0.377. The van der Waals surface area contributed by atoms with E-state index in [4.69, 9.17) is 11.6 Å². The first kappa shape index (κ1) is 28.7. The Bertz CT molecular complexity index is 1470. The number of nitrogens with zero attached hydrogens (tertiary/aromatic N) is 2. The second-order valence-electron chi connectivity index (χ2n) is 12.6. The van der Waals surface area contributed by atoms with Crippen molar-refractivity contribution in [3.8, 4) is 0 Å². The van der Waals surface area contributed by atoms with Gasteiger partial charge in [0.25, 0.3) is 11.8 Å². The number of carbonyl (C=O) groups excluding carboxylic acids is 3. The topological polar surface area (TPSA) is 97.5 Å². The van der Waals surface area contributed by atoms with Crippen LogP contribution in [0.4, 0.5) is 0 Å². The zero-order valence-electron chi connectivity index (χ0n) is 24.4. The van der Waals surface area contributed by atoms with Crippen LogP contribution in [0.15, 0.2) is 48.7 Å². The van der Waals surface area contributed by atoms with Crippen molar-refractivity contribution in [3.05, 3.63) is 70.4 Å². The van der Waals surface area contributed by atoms with Crippen molar-refractivity contribution >= 4 is 40.2 Å². The van der Waals surface area contributed by atoms with E-state index in [0.29, 0.717) is 35.4 Å². The fourth-order valence-corrected chi connectivity index (χ4v) is 7.08. The Morgan fingerprint density at radius 2 is 1.62 bits per heavy atom. The molecule has 8 nitrogen and oxygen atoms in total. The van der Waals surface area contributed by atoms with E-state index in [0.717, 1.165) is 17.4 Å². The zero-order valence-corrected chi connectivity index (χ0v) is 25.2. The maximum Gasteiger partial charge on any atom is 0.251 e. The Hall–Kier alpha value is -3.36. The number of aromatic amines is 1. The molecule has 0 radical (unpaired) electrons. The van der Waals surface area contributed by atoms with Gasteiger partial charge in [-0.2, -0.15) is 0 Å². The quantitative estimate of drug-likeness (QED) is 0.354. The van der Waals surface area contributed by atoms with Gasteiger partial charge >= 0.3 is 0 Å². The van der Waals surface area contributed by atoms with Crippen LogP contribution in [0.25, 0.3) is 10.9 Å². The molecular formula is C33H40ClN5O3. The molecule has 1 aliphatic heterocycles. The number of rotatable bonds is 8. The highest BCUT2D eigenvalue weighted by Gasteiger charge is 2.45. The minimum absolute atomic E-state index is 0.0465. The summed E-state index contributed by atoms with van der Waals surface area (Å²) < 4.78 is 0. The maximum absolute atomic E-state index is 13.5. The van der Waals surface area contributed by atoms with Crippen molar-refractivity contribution in [3.63, 3.8) is 0 Å². The lowest BCUT2D eigenvalue weighted by atomic mass is 9.81. The summed E-state index contributed by atoms with van der Waals surface area (Å²) >= 11 is 6.20. The second kappa shape index (κ2) is 11.7. The summed E-state index contributed by atoms with van der Waals surface area (Å²) in [5, 5.41) is 7.78. The van der Waals surface area contributed by atoms with Crippen molar-refractivity contribution in [2.75, 3.05) is 33.7 Å². The van der Waals surface area contributed by atoms with E-state index in [1.165, 1.54) is 44.3 Å². The number of aromatic nitrogens is 1. The smallest absolute Gasteiger partial charge is 0.251 e. The first-order valence-electron chi connectivity index (χ1n) is 15.1. The molecule has 0 bridgehead atoms. The minimum Gasteiger partial charge on any atom is -0.360 e. The van der Waals surface area contributed by atoms with E-state index in [-0.39, 0.29) is 41.1 Å². The van der Waals surface area contributed by atoms with Gasteiger partial charge in [-0.3, -0.25) is 14.4 Å². The highest BCUT2D eigenvalue weighted by atomic mass is 35.5. The lowest BCUT2D eigenvalue weighted by Crippen LogP contribution is -2.55. The number of H-pyrrole nitrogens is 1. The standard InChI is InChI=1S/C33H40ClN5O3/c1-38(2)32(42)23-8-12-27(36-31(41)22-7-11-25-26(34)19-35-28(25)17-22)29(18-23)37-30(40)21-5-9-24(10-6-21)33(13-14-33)20-39-15-3-4-16-39/h5-7,9-11,17,19,23,27,29,35H,3-4,8,12-16,18,20H2,1-2H3,(H,36,41)(H,37,40). The molecule has 42 heavy (non-hydrogen) atoms. The molecule has 2 saturated carbocycles.